The van der Waals surface area contributed by atoms with Crippen molar-refractivity contribution < 1.29 is 13.9 Å². The number of benzene rings is 1. The van der Waals surface area contributed by atoms with Gasteiger partial charge in [-0.1, -0.05) is 45.7 Å². The Labute approximate surface area is 151 Å². The Kier molecular flexibility index (Phi) is 7.42. The van der Waals surface area contributed by atoms with Crippen LogP contribution in [0.1, 0.15) is 57.9 Å². The smallest absolute Gasteiger partial charge is 0.225 e. The molecule has 1 aliphatic rings. The number of hydrogen-bond acceptors (Lipinski definition) is 2. The zero-order valence-corrected chi connectivity index (χ0v) is 16.0. The fraction of sp³-hybridized carbons (Fsp3) is 0.667. The molecule has 3 nitrogen and oxygen atoms in total. The number of nitrogens with zero attached hydrogens (tertiary/aromatic N) is 1. The maximum Gasteiger partial charge on any atom is 0.225 e. The monoisotopic (exact) mass is 349 g/mol. The molecule has 140 valence electrons. The fourth-order valence-electron chi connectivity index (χ4n) is 4.07. The molecule has 0 aliphatic carbocycles. The van der Waals surface area contributed by atoms with Gasteiger partial charge in [0.25, 0.3) is 0 Å². The molecule has 4 unspecified atom stereocenters. The third kappa shape index (κ3) is 4.81. The first-order valence-electron chi connectivity index (χ1n) is 9.58. The minimum atomic E-state index is -0.223. The van der Waals surface area contributed by atoms with E-state index < -0.39 is 0 Å². The highest BCUT2D eigenvalue weighted by Gasteiger charge is 2.38. The molecular formula is C21H32FNO2. The van der Waals surface area contributed by atoms with Gasteiger partial charge in [-0.15, -0.1) is 0 Å². The number of hydrogen-bond donors (Lipinski definition) is 0. The van der Waals surface area contributed by atoms with Crippen molar-refractivity contribution in [1.29, 1.82) is 0 Å². The summed E-state index contributed by atoms with van der Waals surface area (Å²) in [4.78, 5) is 14.9. The number of likely N-dealkylation sites (tertiary alicyclic amines) is 1. The summed E-state index contributed by atoms with van der Waals surface area (Å²) < 4.78 is 19.0. The number of piperidine rings is 1. The van der Waals surface area contributed by atoms with Gasteiger partial charge in [-0.05, 0) is 36.5 Å². The number of amides is 1. The van der Waals surface area contributed by atoms with Crippen molar-refractivity contribution in [3.63, 3.8) is 0 Å². The van der Waals surface area contributed by atoms with Gasteiger partial charge in [0.15, 0.2) is 0 Å². The van der Waals surface area contributed by atoms with Gasteiger partial charge >= 0.3 is 0 Å². The van der Waals surface area contributed by atoms with E-state index in [-0.39, 0.29) is 35.6 Å². The molecule has 1 amide bonds. The maximum atomic E-state index is 13.2. The lowest BCUT2D eigenvalue weighted by Gasteiger charge is -2.43. The summed E-state index contributed by atoms with van der Waals surface area (Å²) in [5.41, 5.74) is 1.09. The Morgan fingerprint density at radius 1 is 1.28 bits per heavy atom. The van der Waals surface area contributed by atoms with Gasteiger partial charge in [0, 0.05) is 32.0 Å². The molecule has 0 N–H and O–H groups in total. The second-order valence-corrected chi connectivity index (χ2v) is 7.32. The fourth-order valence-corrected chi connectivity index (χ4v) is 4.07. The van der Waals surface area contributed by atoms with Crippen LogP contribution in [0.15, 0.2) is 24.3 Å². The lowest BCUT2D eigenvalue weighted by molar-refractivity contribution is -0.141. The van der Waals surface area contributed by atoms with Crippen LogP contribution in [-0.4, -0.2) is 37.1 Å². The second kappa shape index (κ2) is 9.33. The molecule has 1 fully saturated rings. The van der Waals surface area contributed by atoms with E-state index in [0.717, 1.165) is 37.8 Å². The molecule has 0 spiro atoms. The van der Waals surface area contributed by atoms with Crippen molar-refractivity contribution in [2.24, 2.45) is 11.8 Å². The molecule has 0 aromatic heterocycles. The van der Waals surface area contributed by atoms with Crippen LogP contribution in [0.5, 0.6) is 0 Å². The van der Waals surface area contributed by atoms with Gasteiger partial charge in [-0.25, -0.2) is 4.39 Å². The number of carbonyl (C=O) groups excluding carboxylic acids is 1. The van der Waals surface area contributed by atoms with Gasteiger partial charge in [0.1, 0.15) is 5.82 Å². The van der Waals surface area contributed by atoms with E-state index in [4.69, 9.17) is 4.74 Å². The molecule has 1 heterocycles. The quantitative estimate of drug-likeness (QED) is 0.719. The summed E-state index contributed by atoms with van der Waals surface area (Å²) in [6.45, 7) is 7.77. The summed E-state index contributed by atoms with van der Waals surface area (Å²) in [6.07, 6.45) is 4.02. The van der Waals surface area contributed by atoms with Crippen LogP contribution in [0.3, 0.4) is 0 Å². The highest BCUT2D eigenvalue weighted by molar-refractivity contribution is 5.79. The largest absolute Gasteiger partial charge is 0.379 e. The van der Waals surface area contributed by atoms with E-state index in [2.05, 4.69) is 20.8 Å². The van der Waals surface area contributed by atoms with Crippen molar-refractivity contribution in [2.45, 2.75) is 58.5 Å². The first kappa shape index (κ1) is 19.9. The number of ether oxygens (including phenoxy) is 1. The normalized spacial score (nSPS) is 25.0. The molecule has 2 rings (SSSR count). The van der Waals surface area contributed by atoms with Crippen LogP contribution in [0.25, 0.3) is 0 Å². The third-order valence-corrected chi connectivity index (χ3v) is 5.54. The Balaban J connectivity index is 2.12. The summed E-state index contributed by atoms with van der Waals surface area (Å²) >= 11 is 0. The van der Waals surface area contributed by atoms with Crippen molar-refractivity contribution in [1.82, 2.24) is 4.90 Å². The van der Waals surface area contributed by atoms with Gasteiger partial charge in [0.2, 0.25) is 5.91 Å². The van der Waals surface area contributed by atoms with Crippen LogP contribution in [0, 0.1) is 17.7 Å². The van der Waals surface area contributed by atoms with Crippen molar-refractivity contribution >= 4 is 5.91 Å². The zero-order valence-electron chi connectivity index (χ0n) is 16.0. The average molecular weight is 349 g/mol. The van der Waals surface area contributed by atoms with E-state index in [1.165, 1.54) is 12.1 Å². The lowest BCUT2D eigenvalue weighted by Crippen LogP contribution is -2.51. The summed E-state index contributed by atoms with van der Waals surface area (Å²) in [7, 11) is 1.70. The average Bonchev–Trinajstić information content (AvgIpc) is 2.62. The maximum absolute atomic E-state index is 13.2. The second-order valence-electron chi connectivity index (χ2n) is 7.32. The first-order chi connectivity index (χ1) is 12.0. The van der Waals surface area contributed by atoms with Crippen molar-refractivity contribution in [3.8, 4) is 0 Å². The number of halogens is 1. The van der Waals surface area contributed by atoms with Gasteiger partial charge in [-0.3, -0.25) is 4.79 Å². The minimum Gasteiger partial charge on any atom is -0.379 e. The highest BCUT2D eigenvalue weighted by Crippen LogP contribution is 2.35. The molecule has 0 bridgehead atoms. The molecule has 4 atom stereocenters. The van der Waals surface area contributed by atoms with Crippen molar-refractivity contribution in [2.75, 3.05) is 20.2 Å². The third-order valence-electron chi connectivity index (χ3n) is 5.54. The van der Waals surface area contributed by atoms with Gasteiger partial charge in [-0.2, -0.15) is 0 Å². The minimum absolute atomic E-state index is 0.0538. The van der Waals surface area contributed by atoms with E-state index in [9.17, 15) is 9.18 Å². The summed E-state index contributed by atoms with van der Waals surface area (Å²) in [5.74, 6) is 0.622. The standard InChI is InChI=1S/C21H32FNO2/c1-5-7-8-16(6-2)21(24)23-13-15(3)20(19(14-23)25-4)17-9-11-18(22)12-10-17/h9-12,15-16,19-20H,5-8,13-14H2,1-4H3. The molecule has 1 aromatic rings. The Morgan fingerprint density at radius 2 is 1.96 bits per heavy atom. The Hall–Kier alpha value is -1.42. The Bertz CT molecular complexity index is 545. The first-order valence-corrected chi connectivity index (χ1v) is 9.58. The van der Waals surface area contributed by atoms with Crippen LogP contribution in [0.4, 0.5) is 4.39 Å². The van der Waals surface area contributed by atoms with Crippen LogP contribution in [0.2, 0.25) is 0 Å². The van der Waals surface area contributed by atoms with E-state index in [0.29, 0.717) is 6.54 Å². The highest BCUT2D eigenvalue weighted by atomic mass is 19.1. The molecule has 0 saturated carbocycles. The van der Waals surface area contributed by atoms with Crippen molar-refractivity contribution in [3.05, 3.63) is 35.6 Å². The van der Waals surface area contributed by atoms with Gasteiger partial charge in [0.05, 0.1) is 6.10 Å². The molecular weight excluding hydrogens is 317 g/mol. The van der Waals surface area contributed by atoms with Gasteiger partial charge < -0.3 is 9.64 Å². The van der Waals surface area contributed by atoms with Crippen LogP contribution < -0.4 is 0 Å². The topological polar surface area (TPSA) is 29.5 Å². The number of rotatable bonds is 7. The molecule has 0 radical (unpaired) electrons. The molecule has 4 heteroatoms. The predicted octanol–water partition coefficient (Wildman–Crippen LogP) is 4.62. The lowest BCUT2D eigenvalue weighted by atomic mass is 9.79. The van der Waals surface area contributed by atoms with E-state index in [1.807, 2.05) is 17.0 Å². The molecule has 1 aliphatic heterocycles. The van der Waals surface area contributed by atoms with E-state index >= 15 is 0 Å². The SMILES string of the molecule is CCCCC(CC)C(=O)N1CC(C)C(c2ccc(F)cc2)C(OC)C1. The number of unbranched alkanes of at least 4 members (excludes halogenated alkanes) is 1. The molecule has 1 aromatic carbocycles. The molecule has 1 saturated heterocycles. The predicted molar refractivity (Wildman–Crippen MR) is 99.0 cm³/mol. The summed E-state index contributed by atoms with van der Waals surface area (Å²) in [5, 5.41) is 0. The van der Waals surface area contributed by atoms with E-state index in [1.54, 1.807) is 7.11 Å². The number of methoxy groups -OCH3 is 1. The van der Waals surface area contributed by atoms with Crippen LogP contribution >= 0.6 is 0 Å². The number of carbonyl (C=O) groups is 1. The van der Waals surface area contributed by atoms with Crippen LogP contribution in [-0.2, 0) is 9.53 Å². The Morgan fingerprint density at radius 3 is 2.52 bits per heavy atom. The summed E-state index contributed by atoms with van der Waals surface area (Å²) in [6, 6.07) is 6.69. The zero-order chi connectivity index (χ0) is 18.4. The molecule has 25 heavy (non-hydrogen) atoms.